The molecule has 0 aliphatic heterocycles. The second-order valence-corrected chi connectivity index (χ2v) is 5.22. The van der Waals surface area contributed by atoms with Gasteiger partial charge >= 0.3 is 5.97 Å². The second-order valence-electron chi connectivity index (χ2n) is 5.22. The molecule has 1 aromatic rings. The van der Waals surface area contributed by atoms with Gasteiger partial charge in [-0.15, -0.1) is 0 Å². The zero-order valence-electron chi connectivity index (χ0n) is 12.5. The van der Waals surface area contributed by atoms with Gasteiger partial charge in [0.15, 0.2) is 0 Å². The number of esters is 1. The van der Waals surface area contributed by atoms with E-state index < -0.39 is 0 Å². The van der Waals surface area contributed by atoms with Crippen molar-refractivity contribution in [3.8, 4) is 0 Å². The maximum atomic E-state index is 11.8. The fourth-order valence-electron chi connectivity index (χ4n) is 2.60. The Hall–Kier alpha value is -1.35. The molecule has 0 amide bonds. The van der Waals surface area contributed by atoms with E-state index in [1.54, 1.807) is 6.92 Å². The summed E-state index contributed by atoms with van der Waals surface area (Å²) >= 11 is 0. The highest BCUT2D eigenvalue weighted by Gasteiger charge is 2.17. The average Bonchev–Trinajstić information content (AvgIpc) is 2.32. The monoisotopic (exact) mass is 264 g/mol. The number of carbonyl (C=O) groups is 1. The number of aliphatic hydroxyl groups is 1. The van der Waals surface area contributed by atoms with Gasteiger partial charge in [-0.05, 0) is 69.2 Å². The lowest BCUT2D eigenvalue weighted by Crippen LogP contribution is -2.10. The Morgan fingerprint density at radius 3 is 2.47 bits per heavy atom. The Kier molecular flexibility index (Phi) is 5.55. The van der Waals surface area contributed by atoms with Crippen molar-refractivity contribution in [2.75, 3.05) is 7.11 Å². The van der Waals surface area contributed by atoms with Gasteiger partial charge in [-0.3, -0.25) is 0 Å². The summed E-state index contributed by atoms with van der Waals surface area (Å²) in [5.74, 6) is -0.272. The third-order valence-electron chi connectivity index (χ3n) is 3.57. The number of rotatable bonds is 5. The predicted molar refractivity (Wildman–Crippen MR) is 76.6 cm³/mol. The number of hydrogen-bond acceptors (Lipinski definition) is 3. The largest absolute Gasteiger partial charge is 0.465 e. The smallest absolute Gasteiger partial charge is 0.338 e. The van der Waals surface area contributed by atoms with E-state index in [1.165, 1.54) is 18.2 Å². The standard InChI is InChI=1S/C16H24O3/c1-10-9-11(2)15(16(18)19-5)13(4)14(10)8-6-7-12(3)17/h9,12,17H,6-8H2,1-5H3. The Balaban J connectivity index is 3.07. The van der Waals surface area contributed by atoms with Gasteiger partial charge in [0, 0.05) is 0 Å². The van der Waals surface area contributed by atoms with Crippen LogP contribution in [0.5, 0.6) is 0 Å². The highest BCUT2D eigenvalue weighted by atomic mass is 16.5. The molecule has 0 heterocycles. The first kappa shape index (κ1) is 15.7. The van der Waals surface area contributed by atoms with Gasteiger partial charge in [0.25, 0.3) is 0 Å². The summed E-state index contributed by atoms with van der Waals surface area (Å²) in [5.41, 5.74) is 5.05. The molecule has 0 saturated heterocycles. The molecular formula is C16H24O3. The molecule has 3 heteroatoms. The first-order chi connectivity index (χ1) is 8.88. The number of hydrogen-bond donors (Lipinski definition) is 1. The zero-order chi connectivity index (χ0) is 14.6. The predicted octanol–water partition coefficient (Wildman–Crippen LogP) is 3.10. The Morgan fingerprint density at radius 2 is 1.95 bits per heavy atom. The maximum Gasteiger partial charge on any atom is 0.338 e. The number of aliphatic hydroxyl groups excluding tert-OH is 1. The summed E-state index contributed by atoms with van der Waals surface area (Å²) in [6, 6.07) is 2.04. The highest BCUT2D eigenvalue weighted by molar-refractivity contribution is 5.93. The SMILES string of the molecule is COC(=O)c1c(C)cc(C)c(CCCC(C)O)c1C. The second kappa shape index (κ2) is 6.71. The number of benzene rings is 1. The summed E-state index contributed by atoms with van der Waals surface area (Å²) in [7, 11) is 1.41. The third-order valence-corrected chi connectivity index (χ3v) is 3.57. The Morgan fingerprint density at radius 1 is 1.32 bits per heavy atom. The van der Waals surface area contributed by atoms with E-state index in [0.29, 0.717) is 5.56 Å². The Labute approximate surface area is 115 Å². The molecule has 1 atom stereocenters. The average molecular weight is 264 g/mol. The van der Waals surface area contributed by atoms with Gasteiger partial charge < -0.3 is 9.84 Å². The lowest BCUT2D eigenvalue weighted by atomic mass is 9.90. The molecule has 0 bridgehead atoms. The summed E-state index contributed by atoms with van der Waals surface area (Å²) in [6.07, 6.45) is 2.31. The van der Waals surface area contributed by atoms with Crippen molar-refractivity contribution in [2.45, 2.75) is 53.1 Å². The van der Waals surface area contributed by atoms with E-state index in [9.17, 15) is 9.90 Å². The fraction of sp³-hybridized carbons (Fsp3) is 0.562. The summed E-state index contributed by atoms with van der Waals surface area (Å²) in [4.78, 5) is 11.8. The van der Waals surface area contributed by atoms with Crippen LogP contribution in [-0.4, -0.2) is 24.3 Å². The van der Waals surface area contributed by atoms with Crippen LogP contribution in [0.1, 0.15) is 52.4 Å². The topological polar surface area (TPSA) is 46.5 Å². The molecule has 1 rings (SSSR count). The molecule has 0 aromatic heterocycles. The molecule has 1 N–H and O–H groups in total. The summed E-state index contributed by atoms with van der Waals surface area (Å²) in [6.45, 7) is 7.78. The fourth-order valence-corrected chi connectivity index (χ4v) is 2.60. The number of ether oxygens (including phenoxy) is 1. The van der Waals surface area contributed by atoms with Crippen molar-refractivity contribution in [3.05, 3.63) is 33.9 Å². The quantitative estimate of drug-likeness (QED) is 0.831. The molecule has 0 spiro atoms. The molecule has 0 aliphatic carbocycles. The van der Waals surface area contributed by atoms with Gasteiger partial charge in [-0.25, -0.2) is 4.79 Å². The van der Waals surface area contributed by atoms with Crippen LogP contribution in [0.2, 0.25) is 0 Å². The van der Waals surface area contributed by atoms with Crippen LogP contribution in [-0.2, 0) is 11.2 Å². The first-order valence-electron chi connectivity index (χ1n) is 6.74. The number of aryl methyl sites for hydroxylation is 2. The molecule has 3 nitrogen and oxygen atoms in total. The van der Waals surface area contributed by atoms with Crippen molar-refractivity contribution in [3.63, 3.8) is 0 Å². The van der Waals surface area contributed by atoms with E-state index >= 15 is 0 Å². The third kappa shape index (κ3) is 3.80. The van der Waals surface area contributed by atoms with E-state index in [2.05, 4.69) is 6.92 Å². The van der Waals surface area contributed by atoms with Crippen LogP contribution in [0.3, 0.4) is 0 Å². The van der Waals surface area contributed by atoms with Crippen LogP contribution < -0.4 is 0 Å². The summed E-state index contributed by atoms with van der Waals surface area (Å²) < 4.78 is 4.86. The van der Waals surface area contributed by atoms with Crippen LogP contribution >= 0.6 is 0 Å². The Bertz CT molecular complexity index is 462. The number of methoxy groups -OCH3 is 1. The van der Waals surface area contributed by atoms with Crippen molar-refractivity contribution in [2.24, 2.45) is 0 Å². The summed E-state index contributed by atoms with van der Waals surface area (Å²) in [5, 5.41) is 9.32. The minimum atomic E-state index is -0.272. The van der Waals surface area contributed by atoms with E-state index in [1.807, 2.05) is 19.9 Å². The van der Waals surface area contributed by atoms with Crippen LogP contribution in [0.15, 0.2) is 6.07 Å². The van der Waals surface area contributed by atoms with E-state index in [4.69, 9.17) is 4.74 Å². The minimum Gasteiger partial charge on any atom is -0.465 e. The van der Waals surface area contributed by atoms with Gasteiger partial charge in [-0.2, -0.15) is 0 Å². The molecule has 0 radical (unpaired) electrons. The molecule has 0 saturated carbocycles. The zero-order valence-corrected chi connectivity index (χ0v) is 12.5. The lowest BCUT2D eigenvalue weighted by Gasteiger charge is -2.16. The molecule has 0 aliphatic rings. The maximum absolute atomic E-state index is 11.8. The van der Waals surface area contributed by atoms with Gasteiger partial charge in [0.05, 0.1) is 18.8 Å². The van der Waals surface area contributed by atoms with Crippen LogP contribution in [0, 0.1) is 20.8 Å². The van der Waals surface area contributed by atoms with Gasteiger partial charge in [0.2, 0.25) is 0 Å². The van der Waals surface area contributed by atoms with Crippen LogP contribution in [0.4, 0.5) is 0 Å². The first-order valence-corrected chi connectivity index (χ1v) is 6.74. The number of carbonyl (C=O) groups excluding carboxylic acids is 1. The van der Waals surface area contributed by atoms with Crippen molar-refractivity contribution < 1.29 is 14.6 Å². The lowest BCUT2D eigenvalue weighted by molar-refractivity contribution is 0.0599. The normalized spacial score (nSPS) is 12.3. The van der Waals surface area contributed by atoms with Gasteiger partial charge in [0.1, 0.15) is 0 Å². The molecular weight excluding hydrogens is 240 g/mol. The molecule has 1 unspecified atom stereocenters. The van der Waals surface area contributed by atoms with Crippen molar-refractivity contribution >= 4 is 5.97 Å². The molecule has 19 heavy (non-hydrogen) atoms. The van der Waals surface area contributed by atoms with E-state index in [0.717, 1.165) is 30.4 Å². The van der Waals surface area contributed by atoms with Crippen molar-refractivity contribution in [1.29, 1.82) is 0 Å². The molecule has 1 aromatic carbocycles. The highest BCUT2D eigenvalue weighted by Crippen LogP contribution is 2.24. The van der Waals surface area contributed by atoms with Crippen LogP contribution in [0.25, 0.3) is 0 Å². The minimum absolute atomic E-state index is 0.272. The molecule has 106 valence electrons. The van der Waals surface area contributed by atoms with E-state index in [-0.39, 0.29) is 12.1 Å². The molecule has 0 fully saturated rings. The van der Waals surface area contributed by atoms with Gasteiger partial charge in [-0.1, -0.05) is 6.07 Å². The van der Waals surface area contributed by atoms with Crippen molar-refractivity contribution in [1.82, 2.24) is 0 Å².